The highest BCUT2D eigenvalue weighted by Crippen LogP contribution is 2.23. The van der Waals surface area contributed by atoms with Gasteiger partial charge in [-0.1, -0.05) is 30.0 Å². The molecule has 0 saturated heterocycles. The lowest BCUT2D eigenvalue weighted by atomic mass is 10.2. The smallest absolute Gasteiger partial charge is 0.316 e. The Balaban J connectivity index is 2.27. The maximum Gasteiger partial charge on any atom is 0.316 e. The van der Waals surface area contributed by atoms with Crippen molar-refractivity contribution >= 4 is 28.6 Å². The highest BCUT2D eigenvalue weighted by atomic mass is 32.2. The largest absolute Gasteiger partial charge is 0.468 e. The van der Waals surface area contributed by atoms with Crippen LogP contribution >= 0.6 is 11.8 Å². The lowest BCUT2D eigenvalue weighted by Gasteiger charge is -2.03. The summed E-state index contributed by atoms with van der Waals surface area (Å²) in [5.74, 6) is 0.00465. The number of para-hydroxylation sites is 1. The van der Waals surface area contributed by atoms with E-state index in [1.165, 1.54) is 25.2 Å². The van der Waals surface area contributed by atoms with Crippen molar-refractivity contribution in [2.75, 3.05) is 12.9 Å². The standard InChI is InChI=1S/C11H10N2O2S/c1-15-10(14)6-16-11-8-4-2-3-5-9(8)12-7-13-11/h2-5,7H,6H2,1H3. The SMILES string of the molecule is COC(=O)CSc1ncnc2ccccc12. The Bertz CT molecular complexity index is 511. The fraction of sp³-hybridized carbons (Fsp3) is 0.182. The fourth-order valence-electron chi connectivity index (χ4n) is 1.28. The number of methoxy groups -OCH3 is 1. The molecule has 0 amide bonds. The Morgan fingerprint density at radius 2 is 2.19 bits per heavy atom. The molecule has 0 unspecified atom stereocenters. The number of ether oxygens (including phenoxy) is 1. The predicted octanol–water partition coefficient (Wildman–Crippen LogP) is 1.89. The monoisotopic (exact) mass is 234 g/mol. The second-order valence-corrected chi connectivity index (χ2v) is 4.02. The van der Waals surface area contributed by atoms with Gasteiger partial charge >= 0.3 is 5.97 Å². The van der Waals surface area contributed by atoms with Crippen LogP contribution in [-0.4, -0.2) is 28.8 Å². The van der Waals surface area contributed by atoms with Crippen molar-refractivity contribution in [1.82, 2.24) is 9.97 Å². The number of benzene rings is 1. The molecular weight excluding hydrogens is 224 g/mol. The molecule has 0 aliphatic heterocycles. The summed E-state index contributed by atoms with van der Waals surface area (Å²) in [5, 5.41) is 1.76. The van der Waals surface area contributed by atoms with Gasteiger partial charge in [-0.3, -0.25) is 4.79 Å². The van der Waals surface area contributed by atoms with Gasteiger partial charge in [-0.15, -0.1) is 0 Å². The number of aromatic nitrogens is 2. The molecule has 0 radical (unpaired) electrons. The van der Waals surface area contributed by atoms with Gasteiger partial charge < -0.3 is 4.74 Å². The zero-order chi connectivity index (χ0) is 11.4. The first-order valence-electron chi connectivity index (χ1n) is 4.70. The van der Waals surface area contributed by atoms with Crippen LogP contribution in [0, 0.1) is 0 Å². The topological polar surface area (TPSA) is 52.1 Å². The third kappa shape index (κ3) is 2.30. The minimum Gasteiger partial charge on any atom is -0.468 e. The Morgan fingerprint density at radius 3 is 3.00 bits per heavy atom. The zero-order valence-corrected chi connectivity index (χ0v) is 9.53. The number of thioether (sulfide) groups is 1. The molecule has 16 heavy (non-hydrogen) atoms. The fourth-order valence-corrected chi connectivity index (χ4v) is 2.10. The Morgan fingerprint density at radius 1 is 1.38 bits per heavy atom. The van der Waals surface area contributed by atoms with Crippen LogP contribution in [0.4, 0.5) is 0 Å². The molecule has 0 spiro atoms. The van der Waals surface area contributed by atoms with E-state index in [-0.39, 0.29) is 11.7 Å². The molecule has 0 N–H and O–H groups in total. The van der Waals surface area contributed by atoms with Crippen LogP contribution in [0.3, 0.4) is 0 Å². The van der Waals surface area contributed by atoms with Gasteiger partial charge in [-0.25, -0.2) is 9.97 Å². The predicted molar refractivity (Wildman–Crippen MR) is 62.3 cm³/mol. The van der Waals surface area contributed by atoms with Gasteiger partial charge in [-0.2, -0.15) is 0 Å². The number of esters is 1. The molecule has 2 rings (SSSR count). The molecule has 82 valence electrons. The van der Waals surface area contributed by atoms with Crippen molar-refractivity contribution in [3.05, 3.63) is 30.6 Å². The van der Waals surface area contributed by atoms with Crippen molar-refractivity contribution < 1.29 is 9.53 Å². The minimum absolute atomic E-state index is 0.257. The number of carbonyl (C=O) groups is 1. The van der Waals surface area contributed by atoms with Gasteiger partial charge in [0.05, 0.1) is 18.4 Å². The zero-order valence-electron chi connectivity index (χ0n) is 8.71. The van der Waals surface area contributed by atoms with Crippen molar-refractivity contribution in [2.45, 2.75) is 5.03 Å². The number of fused-ring (bicyclic) bond motifs is 1. The van der Waals surface area contributed by atoms with E-state index in [2.05, 4.69) is 14.7 Å². The molecule has 0 fully saturated rings. The average molecular weight is 234 g/mol. The van der Waals surface area contributed by atoms with Crippen molar-refractivity contribution in [1.29, 1.82) is 0 Å². The van der Waals surface area contributed by atoms with E-state index in [1.807, 2.05) is 24.3 Å². The Hall–Kier alpha value is -1.62. The molecule has 1 heterocycles. The molecule has 4 nitrogen and oxygen atoms in total. The molecule has 1 aromatic heterocycles. The van der Waals surface area contributed by atoms with E-state index in [9.17, 15) is 4.79 Å². The lowest BCUT2D eigenvalue weighted by molar-refractivity contribution is -0.137. The summed E-state index contributed by atoms with van der Waals surface area (Å²) in [6.45, 7) is 0. The second-order valence-electron chi connectivity index (χ2n) is 3.06. The van der Waals surface area contributed by atoms with Gasteiger partial charge in [-0.05, 0) is 6.07 Å². The molecule has 5 heteroatoms. The summed E-state index contributed by atoms with van der Waals surface area (Å²) in [6.07, 6.45) is 1.50. The maximum atomic E-state index is 11.0. The summed E-state index contributed by atoms with van der Waals surface area (Å²) < 4.78 is 4.58. The van der Waals surface area contributed by atoms with Crippen LogP contribution < -0.4 is 0 Å². The van der Waals surface area contributed by atoms with Crippen LogP contribution in [0.5, 0.6) is 0 Å². The number of nitrogens with zero attached hydrogens (tertiary/aromatic N) is 2. The van der Waals surface area contributed by atoms with E-state index in [0.717, 1.165) is 15.9 Å². The highest BCUT2D eigenvalue weighted by molar-refractivity contribution is 8.00. The van der Waals surface area contributed by atoms with E-state index >= 15 is 0 Å². The molecule has 1 aromatic carbocycles. The van der Waals surface area contributed by atoms with Crippen molar-refractivity contribution in [2.24, 2.45) is 0 Å². The average Bonchev–Trinajstić information content (AvgIpc) is 2.35. The molecule has 0 bridgehead atoms. The van der Waals surface area contributed by atoms with Crippen LogP contribution in [0.25, 0.3) is 10.9 Å². The van der Waals surface area contributed by atoms with Crippen LogP contribution in [0.2, 0.25) is 0 Å². The Labute approximate surface area is 97.0 Å². The van der Waals surface area contributed by atoms with Gasteiger partial charge in [0.15, 0.2) is 0 Å². The molecule has 2 aromatic rings. The molecule has 0 saturated carbocycles. The quantitative estimate of drug-likeness (QED) is 0.461. The third-order valence-electron chi connectivity index (χ3n) is 2.06. The first-order valence-corrected chi connectivity index (χ1v) is 5.69. The Kier molecular flexibility index (Phi) is 3.36. The van der Waals surface area contributed by atoms with Crippen molar-refractivity contribution in [3.8, 4) is 0 Å². The number of hydrogen-bond acceptors (Lipinski definition) is 5. The molecule has 0 aliphatic carbocycles. The number of rotatable bonds is 3. The van der Waals surface area contributed by atoms with Gasteiger partial charge in [0.1, 0.15) is 11.4 Å². The lowest BCUT2D eigenvalue weighted by Crippen LogP contribution is -2.03. The summed E-state index contributed by atoms with van der Waals surface area (Å²) >= 11 is 1.36. The molecular formula is C11H10N2O2S. The third-order valence-corrected chi connectivity index (χ3v) is 3.04. The van der Waals surface area contributed by atoms with E-state index < -0.39 is 0 Å². The summed E-state index contributed by atoms with van der Waals surface area (Å²) in [7, 11) is 1.38. The first kappa shape index (κ1) is 10.9. The first-order chi connectivity index (χ1) is 7.81. The van der Waals surface area contributed by atoms with Crippen LogP contribution in [0.1, 0.15) is 0 Å². The summed E-state index contributed by atoms with van der Waals surface area (Å²) in [5.41, 5.74) is 0.880. The van der Waals surface area contributed by atoms with Crippen LogP contribution in [-0.2, 0) is 9.53 Å². The van der Waals surface area contributed by atoms with Gasteiger partial charge in [0, 0.05) is 5.39 Å². The van der Waals surface area contributed by atoms with E-state index in [0.29, 0.717) is 0 Å². The highest BCUT2D eigenvalue weighted by Gasteiger charge is 2.06. The van der Waals surface area contributed by atoms with E-state index in [4.69, 9.17) is 0 Å². The molecule has 0 aliphatic rings. The van der Waals surface area contributed by atoms with Gasteiger partial charge in [0.2, 0.25) is 0 Å². The van der Waals surface area contributed by atoms with Crippen LogP contribution in [0.15, 0.2) is 35.6 Å². The maximum absolute atomic E-state index is 11.0. The second kappa shape index (κ2) is 4.94. The normalized spacial score (nSPS) is 10.3. The number of hydrogen-bond donors (Lipinski definition) is 0. The van der Waals surface area contributed by atoms with Gasteiger partial charge in [0.25, 0.3) is 0 Å². The van der Waals surface area contributed by atoms with E-state index in [1.54, 1.807) is 0 Å². The summed E-state index contributed by atoms with van der Waals surface area (Å²) in [4.78, 5) is 19.3. The minimum atomic E-state index is -0.257. The van der Waals surface area contributed by atoms with Crippen molar-refractivity contribution in [3.63, 3.8) is 0 Å². The number of carbonyl (C=O) groups excluding carboxylic acids is 1. The molecule has 0 atom stereocenters. The summed E-state index contributed by atoms with van der Waals surface area (Å²) in [6, 6.07) is 7.70.